The first-order valence-electron chi connectivity index (χ1n) is 6.06. The Morgan fingerprint density at radius 2 is 2.29 bits per heavy atom. The van der Waals surface area contributed by atoms with E-state index in [1.807, 2.05) is 24.3 Å². The maximum absolute atomic E-state index is 9.60. The summed E-state index contributed by atoms with van der Waals surface area (Å²) in [6.07, 6.45) is 1.75. The van der Waals surface area contributed by atoms with Crippen LogP contribution in [0.1, 0.15) is 18.7 Å². The van der Waals surface area contributed by atoms with Gasteiger partial charge in [-0.05, 0) is 31.5 Å². The van der Waals surface area contributed by atoms with Crippen LogP contribution >= 0.6 is 0 Å². The van der Waals surface area contributed by atoms with Crippen LogP contribution in [0.5, 0.6) is 0 Å². The molecule has 1 aromatic carbocycles. The summed E-state index contributed by atoms with van der Waals surface area (Å²) in [4.78, 5) is 6.64. The Morgan fingerprint density at radius 3 is 3.12 bits per heavy atom. The van der Waals surface area contributed by atoms with E-state index < -0.39 is 0 Å². The number of benzene rings is 1. The normalized spacial score (nSPS) is 22.1. The van der Waals surface area contributed by atoms with Crippen molar-refractivity contribution in [3.63, 3.8) is 0 Å². The predicted molar refractivity (Wildman–Crippen MR) is 64.5 cm³/mol. The first kappa shape index (κ1) is 10.7. The molecule has 0 amide bonds. The van der Waals surface area contributed by atoms with Crippen LogP contribution in [-0.4, -0.2) is 34.2 Å². The monoisotopic (exact) mass is 232 g/mol. The summed E-state index contributed by atoms with van der Waals surface area (Å²) in [5.41, 5.74) is 1.74. The molecule has 1 aliphatic heterocycles. The molecule has 1 saturated heterocycles. The number of aliphatic hydroxyl groups excluding tert-OH is 1. The molecular formula is C13H16N2O2. The molecule has 1 atom stereocenters. The Balaban J connectivity index is 1.75. The summed E-state index contributed by atoms with van der Waals surface area (Å²) >= 11 is 0. The lowest BCUT2D eigenvalue weighted by Gasteiger charge is -2.28. The van der Waals surface area contributed by atoms with E-state index >= 15 is 0 Å². The predicted octanol–water partition coefficient (Wildman–Crippen LogP) is 1.78. The van der Waals surface area contributed by atoms with Gasteiger partial charge in [-0.2, -0.15) is 0 Å². The van der Waals surface area contributed by atoms with E-state index in [2.05, 4.69) is 9.88 Å². The van der Waals surface area contributed by atoms with Gasteiger partial charge in [-0.25, -0.2) is 4.98 Å². The van der Waals surface area contributed by atoms with Crippen LogP contribution in [0.15, 0.2) is 28.7 Å². The van der Waals surface area contributed by atoms with Gasteiger partial charge in [-0.1, -0.05) is 12.1 Å². The third-order valence-electron chi connectivity index (χ3n) is 3.18. The zero-order valence-corrected chi connectivity index (χ0v) is 9.67. The summed E-state index contributed by atoms with van der Waals surface area (Å²) < 4.78 is 5.67. The molecule has 2 heterocycles. The first-order chi connectivity index (χ1) is 8.31. The molecule has 1 aromatic heterocycles. The summed E-state index contributed by atoms with van der Waals surface area (Å²) in [7, 11) is 0. The quantitative estimate of drug-likeness (QED) is 0.857. The van der Waals surface area contributed by atoms with E-state index in [0.29, 0.717) is 6.54 Å². The number of aromatic nitrogens is 1. The van der Waals surface area contributed by atoms with Gasteiger partial charge in [0.15, 0.2) is 5.58 Å². The molecule has 17 heavy (non-hydrogen) atoms. The number of hydrogen-bond acceptors (Lipinski definition) is 4. The van der Waals surface area contributed by atoms with E-state index in [-0.39, 0.29) is 6.10 Å². The molecule has 90 valence electrons. The summed E-state index contributed by atoms with van der Waals surface area (Å²) in [6, 6.07) is 7.78. The number of likely N-dealkylation sites (tertiary alicyclic amines) is 1. The van der Waals surface area contributed by atoms with Crippen LogP contribution in [0.3, 0.4) is 0 Å². The second-order valence-corrected chi connectivity index (χ2v) is 4.61. The topological polar surface area (TPSA) is 49.5 Å². The van der Waals surface area contributed by atoms with Gasteiger partial charge in [-0.15, -0.1) is 0 Å². The lowest BCUT2D eigenvalue weighted by Crippen LogP contribution is -2.37. The van der Waals surface area contributed by atoms with Crippen LogP contribution in [0.4, 0.5) is 0 Å². The highest BCUT2D eigenvalue weighted by atomic mass is 16.3. The number of fused-ring (bicyclic) bond motifs is 1. The molecule has 3 rings (SSSR count). The second kappa shape index (κ2) is 4.47. The number of nitrogens with zero attached hydrogens (tertiary/aromatic N) is 2. The van der Waals surface area contributed by atoms with Crippen LogP contribution in [0.2, 0.25) is 0 Å². The van der Waals surface area contributed by atoms with Gasteiger partial charge in [0.25, 0.3) is 0 Å². The molecule has 1 fully saturated rings. The minimum Gasteiger partial charge on any atom is -0.439 e. The molecule has 1 N–H and O–H groups in total. The maximum Gasteiger partial charge on any atom is 0.209 e. The lowest BCUT2D eigenvalue weighted by molar-refractivity contribution is 0.0627. The number of aliphatic hydroxyl groups is 1. The summed E-state index contributed by atoms with van der Waals surface area (Å²) in [6.45, 7) is 2.42. The smallest absolute Gasteiger partial charge is 0.209 e. The largest absolute Gasteiger partial charge is 0.439 e. The van der Waals surface area contributed by atoms with E-state index in [4.69, 9.17) is 4.42 Å². The van der Waals surface area contributed by atoms with Gasteiger partial charge in [0.1, 0.15) is 5.52 Å². The van der Waals surface area contributed by atoms with Crippen molar-refractivity contribution in [2.24, 2.45) is 0 Å². The van der Waals surface area contributed by atoms with E-state index in [9.17, 15) is 5.11 Å². The highest BCUT2D eigenvalue weighted by Crippen LogP contribution is 2.18. The highest BCUT2D eigenvalue weighted by molar-refractivity contribution is 5.72. The minimum atomic E-state index is -0.201. The molecule has 4 heteroatoms. The number of rotatable bonds is 2. The first-order valence-corrected chi connectivity index (χ1v) is 6.06. The Kier molecular flexibility index (Phi) is 2.82. The molecule has 0 bridgehead atoms. The van der Waals surface area contributed by atoms with Crippen LogP contribution in [0, 0.1) is 0 Å². The minimum absolute atomic E-state index is 0.201. The van der Waals surface area contributed by atoms with Crippen molar-refractivity contribution in [1.29, 1.82) is 0 Å². The average Bonchev–Trinajstić information content (AvgIpc) is 2.71. The SMILES string of the molecule is O[C@@H]1CCCN(Cc2nc3ccccc3o2)C1. The number of para-hydroxylation sites is 2. The van der Waals surface area contributed by atoms with Crippen molar-refractivity contribution >= 4 is 11.1 Å². The second-order valence-electron chi connectivity index (χ2n) is 4.61. The standard InChI is InChI=1S/C13H16N2O2/c16-10-4-3-7-15(8-10)9-13-14-11-5-1-2-6-12(11)17-13/h1-2,5-6,10,16H,3-4,7-9H2/t10-/m1/s1. The van der Waals surface area contributed by atoms with Crippen molar-refractivity contribution in [2.45, 2.75) is 25.5 Å². The fourth-order valence-electron chi connectivity index (χ4n) is 2.35. The van der Waals surface area contributed by atoms with Gasteiger partial charge in [0.2, 0.25) is 5.89 Å². The fraction of sp³-hybridized carbons (Fsp3) is 0.462. The van der Waals surface area contributed by atoms with Crippen molar-refractivity contribution in [3.8, 4) is 0 Å². The zero-order chi connectivity index (χ0) is 11.7. The number of hydrogen-bond donors (Lipinski definition) is 1. The molecule has 4 nitrogen and oxygen atoms in total. The molecule has 0 radical (unpaired) electrons. The van der Waals surface area contributed by atoms with Gasteiger partial charge in [0.05, 0.1) is 12.6 Å². The van der Waals surface area contributed by atoms with Gasteiger partial charge in [0, 0.05) is 6.54 Å². The van der Waals surface area contributed by atoms with Gasteiger partial charge < -0.3 is 9.52 Å². The van der Waals surface area contributed by atoms with Gasteiger partial charge >= 0.3 is 0 Å². The lowest BCUT2D eigenvalue weighted by atomic mass is 10.1. The van der Waals surface area contributed by atoms with Crippen molar-refractivity contribution in [2.75, 3.05) is 13.1 Å². The van der Waals surface area contributed by atoms with Crippen LogP contribution in [0.25, 0.3) is 11.1 Å². The molecule has 0 saturated carbocycles. The highest BCUT2D eigenvalue weighted by Gasteiger charge is 2.19. The van der Waals surface area contributed by atoms with Crippen molar-refractivity contribution in [3.05, 3.63) is 30.2 Å². The average molecular weight is 232 g/mol. The summed E-state index contributed by atoms with van der Waals surface area (Å²) in [5.74, 6) is 0.736. The Hall–Kier alpha value is -1.39. The van der Waals surface area contributed by atoms with Crippen LogP contribution in [-0.2, 0) is 6.54 Å². The molecule has 2 aromatic rings. The Labute approximate surface area is 99.9 Å². The zero-order valence-electron chi connectivity index (χ0n) is 9.67. The van der Waals surface area contributed by atoms with Crippen LogP contribution < -0.4 is 0 Å². The molecule has 0 aliphatic carbocycles. The number of oxazole rings is 1. The summed E-state index contributed by atoms with van der Waals surface area (Å²) in [5, 5.41) is 9.60. The Morgan fingerprint density at radius 1 is 1.41 bits per heavy atom. The number of β-amino-alcohol motifs (C(OH)–C–C–N with tert-alkyl or cyclic N) is 1. The molecule has 0 unspecified atom stereocenters. The molecule has 0 spiro atoms. The van der Waals surface area contributed by atoms with Crippen molar-refractivity contribution in [1.82, 2.24) is 9.88 Å². The number of piperidine rings is 1. The maximum atomic E-state index is 9.60. The van der Waals surface area contributed by atoms with Gasteiger partial charge in [-0.3, -0.25) is 4.90 Å². The van der Waals surface area contributed by atoms with Crippen molar-refractivity contribution < 1.29 is 9.52 Å². The van der Waals surface area contributed by atoms with E-state index in [0.717, 1.165) is 42.9 Å². The Bertz CT molecular complexity index is 476. The third-order valence-corrected chi connectivity index (χ3v) is 3.18. The van der Waals surface area contributed by atoms with E-state index in [1.165, 1.54) is 0 Å². The molecule has 1 aliphatic rings. The molecular weight excluding hydrogens is 216 g/mol. The van der Waals surface area contributed by atoms with E-state index in [1.54, 1.807) is 0 Å². The third kappa shape index (κ3) is 2.33. The fourth-order valence-corrected chi connectivity index (χ4v) is 2.35.